The van der Waals surface area contributed by atoms with Gasteiger partial charge in [-0.25, -0.2) is 4.39 Å². The van der Waals surface area contributed by atoms with Gasteiger partial charge in [0.05, 0.1) is 29.2 Å². The number of hydrogen-bond acceptors (Lipinski definition) is 3. The maximum atomic E-state index is 14.9. The van der Waals surface area contributed by atoms with Crippen LogP contribution in [0, 0.1) is 23.1 Å². The number of carbonyl (C=O) groups is 2. The molecule has 0 unspecified atom stereocenters. The standard InChI is InChI=1S/C29H28ClFN2O3/c30-24-8-7-22(26(34)10-18-11-29(12-18)13-20(14-29)28(35)36)27-23(24)15-32-33(27)16-17-5-6-21(25(31)9-17)19-3-1-2-4-19/h3,5-9,15,18,20H,1-2,4,10-14,16H2,(H,35,36). The summed E-state index contributed by atoms with van der Waals surface area (Å²) in [6.07, 6.45) is 10.5. The number of carbonyl (C=O) groups excluding carboxylic acids is 1. The smallest absolute Gasteiger partial charge is 0.306 e. The second-order valence-corrected chi connectivity index (χ2v) is 11.3. The fourth-order valence-corrected chi connectivity index (χ4v) is 6.90. The van der Waals surface area contributed by atoms with Crippen molar-refractivity contribution in [3.8, 4) is 0 Å². The molecule has 1 heterocycles. The van der Waals surface area contributed by atoms with E-state index in [1.54, 1.807) is 29.1 Å². The summed E-state index contributed by atoms with van der Waals surface area (Å²) in [5.74, 6) is -0.836. The van der Waals surface area contributed by atoms with E-state index in [-0.39, 0.29) is 28.9 Å². The van der Waals surface area contributed by atoms with E-state index in [4.69, 9.17) is 16.7 Å². The molecular weight excluding hydrogens is 479 g/mol. The molecule has 5 nitrogen and oxygen atoms in total. The van der Waals surface area contributed by atoms with E-state index in [1.165, 1.54) is 0 Å². The molecule has 0 atom stereocenters. The van der Waals surface area contributed by atoms with E-state index in [0.29, 0.717) is 40.0 Å². The van der Waals surface area contributed by atoms with Crippen LogP contribution in [0.3, 0.4) is 0 Å². The van der Waals surface area contributed by atoms with Gasteiger partial charge < -0.3 is 5.11 Å². The highest BCUT2D eigenvalue weighted by molar-refractivity contribution is 6.36. The van der Waals surface area contributed by atoms with Gasteiger partial charge in [0.1, 0.15) is 5.82 Å². The normalized spacial score (nSPS) is 25.0. The Bertz CT molecular complexity index is 1410. The molecule has 3 aromatic rings. The van der Waals surface area contributed by atoms with E-state index in [2.05, 4.69) is 11.2 Å². The summed E-state index contributed by atoms with van der Waals surface area (Å²) in [6.45, 7) is 0.337. The number of hydrogen-bond donors (Lipinski definition) is 1. The molecule has 36 heavy (non-hydrogen) atoms. The lowest BCUT2D eigenvalue weighted by atomic mass is 9.47. The van der Waals surface area contributed by atoms with Gasteiger partial charge >= 0.3 is 5.97 Å². The molecule has 1 aromatic heterocycles. The van der Waals surface area contributed by atoms with Crippen molar-refractivity contribution in [1.82, 2.24) is 9.78 Å². The third kappa shape index (κ3) is 4.05. The highest BCUT2D eigenvalue weighted by Gasteiger charge is 2.54. The highest BCUT2D eigenvalue weighted by atomic mass is 35.5. The van der Waals surface area contributed by atoms with Crippen LogP contribution in [0.1, 0.15) is 72.9 Å². The molecule has 0 saturated heterocycles. The molecule has 186 valence electrons. The first-order valence-corrected chi connectivity index (χ1v) is 13.1. The van der Waals surface area contributed by atoms with E-state index < -0.39 is 5.97 Å². The van der Waals surface area contributed by atoms with Crippen molar-refractivity contribution < 1.29 is 19.1 Å². The molecule has 2 saturated carbocycles. The molecule has 7 heteroatoms. The van der Waals surface area contributed by atoms with Crippen LogP contribution in [-0.2, 0) is 11.3 Å². The Morgan fingerprint density at radius 3 is 2.67 bits per heavy atom. The van der Waals surface area contributed by atoms with Crippen molar-refractivity contribution in [3.63, 3.8) is 0 Å². The Morgan fingerprint density at radius 2 is 1.97 bits per heavy atom. The molecule has 2 aromatic carbocycles. The van der Waals surface area contributed by atoms with Gasteiger partial charge in [0, 0.05) is 22.9 Å². The second kappa shape index (κ2) is 8.84. The molecule has 1 N–H and O–H groups in total. The summed E-state index contributed by atoms with van der Waals surface area (Å²) in [5, 5.41) is 14.9. The number of allylic oxidation sites excluding steroid dienone is 2. The zero-order valence-corrected chi connectivity index (χ0v) is 20.7. The zero-order valence-electron chi connectivity index (χ0n) is 20.0. The fraction of sp³-hybridized carbons (Fsp3) is 0.414. The number of ketones is 1. The SMILES string of the molecule is O=C(CC1CC2(C1)CC(C(=O)O)C2)c1ccc(Cl)c2cnn(Cc3ccc(C4=CCCC4)c(F)c3)c12. The number of carboxylic acids is 1. The topological polar surface area (TPSA) is 72.2 Å². The number of aromatic nitrogens is 2. The molecule has 6 rings (SSSR count). The van der Waals surface area contributed by atoms with Crippen LogP contribution in [0.4, 0.5) is 4.39 Å². The van der Waals surface area contributed by atoms with E-state index >= 15 is 0 Å². The van der Waals surface area contributed by atoms with E-state index in [0.717, 1.165) is 56.1 Å². The minimum absolute atomic E-state index is 0.0436. The first-order chi connectivity index (χ1) is 17.3. The highest BCUT2D eigenvalue weighted by Crippen LogP contribution is 2.62. The van der Waals surface area contributed by atoms with Gasteiger partial charge in [0.2, 0.25) is 0 Å². The Kier molecular flexibility index (Phi) is 5.75. The quantitative estimate of drug-likeness (QED) is 0.353. The van der Waals surface area contributed by atoms with Crippen molar-refractivity contribution in [1.29, 1.82) is 0 Å². The second-order valence-electron chi connectivity index (χ2n) is 10.9. The zero-order chi connectivity index (χ0) is 25.0. The number of benzene rings is 2. The summed E-state index contributed by atoms with van der Waals surface area (Å²) >= 11 is 6.44. The third-order valence-corrected chi connectivity index (χ3v) is 8.76. The predicted octanol–water partition coefficient (Wildman–Crippen LogP) is 6.91. The van der Waals surface area contributed by atoms with Gasteiger partial charge in [0.25, 0.3) is 0 Å². The van der Waals surface area contributed by atoms with Crippen molar-refractivity contribution in [2.24, 2.45) is 17.3 Å². The van der Waals surface area contributed by atoms with Gasteiger partial charge in [0.15, 0.2) is 5.78 Å². The number of rotatable bonds is 7. The van der Waals surface area contributed by atoms with Crippen LogP contribution in [0.5, 0.6) is 0 Å². The Hall–Kier alpha value is -2.99. The van der Waals surface area contributed by atoms with Crippen LogP contribution < -0.4 is 0 Å². The van der Waals surface area contributed by atoms with Crippen molar-refractivity contribution in [3.05, 3.63) is 70.1 Å². The first kappa shape index (κ1) is 23.4. The Labute approximate surface area is 213 Å². The molecule has 3 aliphatic rings. The summed E-state index contributed by atoms with van der Waals surface area (Å²) in [4.78, 5) is 24.5. The fourth-order valence-electron chi connectivity index (χ4n) is 6.70. The number of carboxylic acid groups (broad SMARTS) is 1. The maximum absolute atomic E-state index is 14.9. The minimum atomic E-state index is -0.706. The van der Waals surface area contributed by atoms with Crippen LogP contribution >= 0.6 is 11.6 Å². The molecule has 1 spiro atoms. The van der Waals surface area contributed by atoms with Crippen molar-refractivity contribution >= 4 is 39.8 Å². The molecule has 0 amide bonds. The monoisotopic (exact) mass is 506 g/mol. The predicted molar refractivity (Wildman–Crippen MR) is 137 cm³/mol. The number of Topliss-reactive ketones (excluding diaryl/α,β-unsaturated/α-hetero) is 1. The average Bonchev–Trinajstić information content (AvgIpc) is 3.46. The number of fused-ring (bicyclic) bond motifs is 1. The maximum Gasteiger partial charge on any atom is 0.306 e. The van der Waals surface area contributed by atoms with Crippen LogP contribution in [-0.4, -0.2) is 26.6 Å². The molecular formula is C29H28ClFN2O3. The van der Waals surface area contributed by atoms with Crippen molar-refractivity contribution in [2.75, 3.05) is 0 Å². The molecule has 0 aliphatic heterocycles. The van der Waals surface area contributed by atoms with Gasteiger partial charge in [-0.3, -0.25) is 14.3 Å². The molecule has 0 bridgehead atoms. The number of nitrogens with zero attached hydrogens (tertiary/aromatic N) is 2. The lowest BCUT2D eigenvalue weighted by molar-refractivity contribution is -0.157. The van der Waals surface area contributed by atoms with Gasteiger partial charge in [-0.15, -0.1) is 0 Å². The third-order valence-electron chi connectivity index (χ3n) is 8.43. The lowest BCUT2D eigenvalue weighted by Gasteiger charge is -2.56. The van der Waals surface area contributed by atoms with Gasteiger partial charge in [-0.2, -0.15) is 5.10 Å². The molecule has 3 aliphatic carbocycles. The number of aliphatic carboxylic acids is 1. The minimum Gasteiger partial charge on any atom is -0.481 e. The van der Waals surface area contributed by atoms with Crippen LogP contribution in [0.15, 0.2) is 42.6 Å². The van der Waals surface area contributed by atoms with E-state index in [9.17, 15) is 14.0 Å². The van der Waals surface area contributed by atoms with E-state index in [1.807, 2.05) is 12.1 Å². The van der Waals surface area contributed by atoms with Crippen molar-refractivity contribution in [2.45, 2.75) is 57.9 Å². The van der Waals surface area contributed by atoms with Crippen LogP contribution in [0.25, 0.3) is 16.5 Å². The lowest BCUT2D eigenvalue weighted by Crippen LogP contribution is -2.50. The largest absolute Gasteiger partial charge is 0.481 e. The summed E-state index contributed by atoms with van der Waals surface area (Å²) < 4.78 is 16.6. The molecule has 2 fully saturated rings. The Balaban J connectivity index is 1.21. The summed E-state index contributed by atoms with van der Waals surface area (Å²) in [7, 11) is 0. The average molecular weight is 507 g/mol. The first-order valence-electron chi connectivity index (χ1n) is 12.7. The van der Waals surface area contributed by atoms with Gasteiger partial charge in [-0.05, 0) is 85.6 Å². The number of halogens is 2. The van der Waals surface area contributed by atoms with Gasteiger partial charge in [-0.1, -0.05) is 29.8 Å². The Morgan fingerprint density at radius 1 is 1.17 bits per heavy atom. The molecule has 0 radical (unpaired) electrons. The van der Waals surface area contributed by atoms with Crippen LogP contribution in [0.2, 0.25) is 5.02 Å². The summed E-state index contributed by atoms with van der Waals surface area (Å²) in [6, 6.07) is 8.82. The summed E-state index contributed by atoms with van der Waals surface area (Å²) in [5.41, 5.74) is 3.91.